The molecular weight excluding hydrogens is 452 g/mol. The molecule has 2 N–H and O–H groups in total. The molecule has 0 saturated heterocycles. The fourth-order valence-corrected chi connectivity index (χ4v) is 4.53. The lowest BCUT2D eigenvalue weighted by Gasteiger charge is -2.13. The minimum Gasteiger partial charge on any atom is -0.492 e. The number of nitrogens with one attached hydrogen (secondary N) is 2. The molecule has 0 spiro atoms. The molecule has 1 amide bonds. The highest BCUT2D eigenvalue weighted by atomic mass is 16.5. The SMILES string of the molecule is Cn1ncc2cc(C(=O)Nc3cccc(CNc4ncc(-c5ccncc5)c5c4CCO5)c3)ccc21. The van der Waals surface area contributed by atoms with Crippen LogP contribution in [0.4, 0.5) is 11.5 Å². The fraction of sp³-hybridized carbons (Fsp3) is 0.143. The maximum Gasteiger partial charge on any atom is 0.255 e. The van der Waals surface area contributed by atoms with Gasteiger partial charge in [0.05, 0.1) is 18.3 Å². The van der Waals surface area contributed by atoms with Crippen LogP contribution in [-0.4, -0.2) is 32.3 Å². The van der Waals surface area contributed by atoms with E-state index in [0.29, 0.717) is 18.7 Å². The van der Waals surface area contributed by atoms with Crippen molar-refractivity contribution < 1.29 is 9.53 Å². The molecule has 0 aliphatic carbocycles. The number of aromatic nitrogens is 4. The number of ether oxygens (including phenoxy) is 1. The summed E-state index contributed by atoms with van der Waals surface area (Å²) in [7, 11) is 1.88. The number of carbonyl (C=O) groups is 1. The number of rotatable bonds is 6. The van der Waals surface area contributed by atoms with E-state index in [1.54, 1.807) is 23.3 Å². The van der Waals surface area contributed by atoms with E-state index >= 15 is 0 Å². The number of hydrogen-bond donors (Lipinski definition) is 2. The maximum atomic E-state index is 12.9. The average molecular weight is 477 g/mol. The van der Waals surface area contributed by atoms with E-state index < -0.39 is 0 Å². The van der Waals surface area contributed by atoms with Gasteiger partial charge >= 0.3 is 0 Å². The van der Waals surface area contributed by atoms with Crippen molar-refractivity contribution in [3.63, 3.8) is 0 Å². The Morgan fingerprint density at radius 2 is 1.97 bits per heavy atom. The molecule has 3 aromatic heterocycles. The van der Waals surface area contributed by atoms with Gasteiger partial charge < -0.3 is 15.4 Å². The number of amides is 1. The van der Waals surface area contributed by atoms with Gasteiger partial charge in [0, 0.05) is 66.4 Å². The van der Waals surface area contributed by atoms with Gasteiger partial charge in [-0.2, -0.15) is 5.10 Å². The number of benzene rings is 2. The van der Waals surface area contributed by atoms with Crippen molar-refractivity contribution in [3.8, 4) is 16.9 Å². The minimum absolute atomic E-state index is 0.158. The van der Waals surface area contributed by atoms with Gasteiger partial charge in [-0.05, 0) is 53.6 Å². The van der Waals surface area contributed by atoms with Gasteiger partial charge in [-0.25, -0.2) is 4.98 Å². The molecule has 0 radical (unpaired) electrons. The highest BCUT2D eigenvalue weighted by molar-refractivity contribution is 6.06. The lowest BCUT2D eigenvalue weighted by Crippen LogP contribution is -2.12. The number of aryl methyl sites for hydroxylation is 1. The number of carbonyl (C=O) groups excluding carboxylic acids is 1. The molecule has 0 fully saturated rings. The van der Waals surface area contributed by atoms with Gasteiger partial charge in [0.1, 0.15) is 11.6 Å². The monoisotopic (exact) mass is 476 g/mol. The molecule has 6 rings (SSSR count). The maximum absolute atomic E-state index is 12.9. The van der Waals surface area contributed by atoms with E-state index in [4.69, 9.17) is 9.72 Å². The zero-order valence-electron chi connectivity index (χ0n) is 19.7. The van der Waals surface area contributed by atoms with E-state index in [-0.39, 0.29) is 5.91 Å². The van der Waals surface area contributed by atoms with E-state index in [1.807, 2.05) is 67.8 Å². The van der Waals surface area contributed by atoms with Crippen molar-refractivity contribution in [2.45, 2.75) is 13.0 Å². The number of pyridine rings is 2. The van der Waals surface area contributed by atoms with Gasteiger partial charge in [-0.1, -0.05) is 12.1 Å². The summed E-state index contributed by atoms with van der Waals surface area (Å²) in [4.78, 5) is 21.6. The smallest absolute Gasteiger partial charge is 0.255 e. The van der Waals surface area contributed by atoms with Crippen LogP contribution in [0, 0.1) is 0 Å². The largest absolute Gasteiger partial charge is 0.492 e. The van der Waals surface area contributed by atoms with Crippen molar-refractivity contribution >= 4 is 28.3 Å². The normalized spacial score (nSPS) is 12.2. The zero-order chi connectivity index (χ0) is 24.5. The second-order valence-corrected chi connectivity index (χ2v) is 8.71. The third-order valence-corrected chi connectivity index (χ3v) is 6.37. The van der Waals surface area contributed by atoms with Gasteiger partial charge in [0.15, 0.2) is 0 Å². The Balaban J connectivity index is 1.17. The van der Waals surface area contributed by atoms with E-state index in [0.717, 1.165) is 56.8 Å². The van der Waals surface area contributed by atoms with Gasteiger partial charge in [-0.15, -0.1) is 0 Å². The van der Waals surface area contributed by atoms with Gasteiger partial charge in [-0.3, -0.25) is 14.5 Å². The van der Waals surface area contributed by atoms with E-state index in [1.165, 1.54) is 0 Å². The molecular formula is C28H24N6O2. The fourth-order valence-electron chi connectivity index (χ4n) is 4.53. The molecule has 2 aromatic carbocycles. The first kappa shape index (κ1) is 21.8. The second kappa shape index (κ2) is 9.14. The molecule has 1 aliphatic rings. The minimum atomic E-state index is -0.158. The van der Waals surface area contributed by atoms with Crippen LogP contribution in [0.5, 0.6) is 5.75 Å². The molecule has 8 nitrogen and oxygen atoms in total. The molecule has 1 aliphatic heterocycles. The van der Waals surface area contributed by atoms with E-state index in [9.17, 15) is 4.79 Å². The Labute approximate surface area is 208 Å². The molecule has 8 heteroatoms. The summed E-state index contributed by atoms with van der Waals surface area (Å²) < 4.78 is 7.74. The lowest BCUT2D eigenvalue weighted by atomic mass is 10.0. The lowest BCUT2D eigenvalue weighted by molar-refractivity contribution is 0.102. The highest BCUT2D eigenvalue weighted by Crippen LogP contribution is 2.39. The van der Waals surface area contributed by atoms with E-state index in [2.05, 4.69) is 20.7 Å². The molecule has 178 valence electrons. The van der Waals surface area contributed by atoms with Crippen molar-refractivity contribution in [1.29, 1.82) is 0 Å². The molecule has 0 saturated carbocycles. The Hall–Kier alpha value is -4.72. The number of fused-ring (bicyclic) bond motifs is 2. The topological polar surface area (TPSA) is 94.0 Å². The summed E-state index contributed by atoms with van der Waals surface area (Å²) in [6.45, 7) is 1.21. The van der Waals surface area contributed by atoms with Crippen LogP contribution < -0.4 is 15.4 Å². The summed E-state index contributed by atoms with van der Waals surface area (Å²) in [5.74, 6) is 1.54. The third kappa shape index (κ3) is 4.13. The van der Waals surface area contributed by atoms with Crippen LogP contribution in [0.1, 0.15) is 21.5 Å². The van der Waals surface area contributed by atoms with Crippen LogP contribution in [-0.2, 0) is 20.0 Å². The first-order chi connectivity index (χ1) is 17.7. The summed E-state index contributed by atoms with van der Waals surface area (Å²) in [6, 6.07) is 17.3. The molecule has 4 heterocycles. The Morgan fingerprint density at radius 3 is 2.86 bits per heavy atom. The average Bonchev–Trinajstić information content (AvgIpc) is 3.55. The quantitative estimate of drug-likeness (QED) is 0.365. The predicted octanol–water partition coefficient (Wildman–Crippen LogP) is 4.83. The number of anilines is 2. The van der Waals surface area contributed by atoms with Gasteiger partial charge in [0.2, 0.25) is 0 Å². The second-order valence-electron chi connectivity index (χ2n) is 8.71. The van der Waals surface area contributed by atoms with Crippen molar-refractivity contribution in [1.82, 2.24) is 19.7 Å². The van der Waals surface area contributed by atoms with Crippen molar-refractivity contribution in [3.05, 3.63) is 96.1 Å². The van der Waals surface area contributed by atoms with Gasteiger partial charge in [0.25, 0.3) is 5.91 Å². The number of hydrogen-bond acceptors (Lipinski definition) is 6. The predicted molar refractivity (Wildman–Crippen MR) is 139 cm³/mol. The molecule has 0 unspecified atom stereocenters. The first-order valence-corrected chi connectivity index (χ1v) is 11.8. The Kier molecular flexibility index (Phi) is 5.53. The standard InChI is InChI=1S/C28H24N6O2/c1-34-25-6-5-20(14-21(25)16-32-34)28(35)33-22-4-2-3-18(13-22)15-30-27-23-9-12-36-26(23)24(17-31-27)19-7-10-29-11-8-19/h2-8,10-11,13-14,16-17H,9,12,15H2,1H3,(H,30,31)(H,33,35). The van der Waals surface area contributed by atoms with Crippen LogP contribution in [0.2, 0.25) is 0 Å². The Bertz CT molecular complexity index is 1580. The highest BCUT2D eigenvalue weighted by Gasteiger charge is 2.22. The Morgan fingerprint density at radius 1 is 1.08 bits per heavy atom. The zero-order valence-corrected chi connectivity index (χ0v) is 19.7. The molecule has 5 aromatic rings. The number of nitrogens with zero attached hydrogens (tertiary/aromatic N) is 4. The van der Waals surface area contributed by atoms with Crippen molar-refractivity contribution in [2.75, 3.05) is 17.2 Å². The molecule has 36 heavy (non-hydrogen) atoms. The molecule has 0 bridgehead atoms. The molecule has 0 atom stereocenters. The van der Waals surface area contributed by atoms with Crippen LogP contribution in [0.15, 0.2) is 79.4 Å². The summed E-state index contributed by atoms with van der Waals surface area (Å²) in [5.41, 5.74) is 6.44. The summed E-state index contributed by atoms with van der Waals surface area (Å²) >= 11 is 0. The third-order valence-electron chi connectivity index (χ3n) is 6.37. The summed E-state index contributed by atoms with van der Waals surface area (Å²) in [6.07, 6.45) is 7.95. The first-order valence-electron chi connectivity index (χ1n) is 11.8. The van der Waals surface area contributed by atoms with Crippen LogP contribution >= 0.6 is 0 Å². The van der Waals surface area contributed by atoms with Crippen molar-refractivity contribution in [2.24, 2.45) is 7.05 Å². The summed E-state index contributed by atoms with van der Waals surface area (Å²) in [5, 5.41) is 11.6. The van der Waals surface area contributed by atoms with Crippen LogP contribution in [0.3, 0.4) is 0 Å². The van der Waals surface area contributed by atoms with Crippen LogP contribution in [0.25, 0.3) is 22.0 Å².